The zero-order valence-electron chi connectivity index (χ0n) is 8.69. The standard InChI is InChI=1S/C10H15NO2S/c1-8(9-5-4-6-13-9)11(2)10(12)7-14-3/h4-6,8H,7H2,1-3H3. The normalized spacial score (nSPS) is 12.5. The Morgan fingerprint density at radius 3 is 2.93 bits per heavy atom. The first kappa shape index (κ1) is 11.2. The van der Waals surface area contributed by atoms with Gasteiger partial charge in [-0.25, -0.2) is 0 Å². The van der Waals surface area contributed by atoms with E-state index in [0.717, 1.165) is 5.76 Å². The summed E-state index contributed by atoms with van der Waals surface area (Å²) in [5.74, 6) is 1.46. The van der Waals surface area contributed by atoms with Crippen molar-refractivity contribution in [2.75, 3.05) is 19.1 Å². The second-order valence-electron chi connectivity index (χ2n) is 3.13. The smallest absolute Gasteiger partial charge is 0.232 e. The molecule has 0 aliphatic rings. The highest BCUT2D eigenvalue weighted by atomic mass is 32.2. The van der Waals surface area contributed by atoms with E-state index >= 15 is 0 Å². The second-order valence-corrected chi connectivity index (χ2v) is 4.00. The molecule has 1 amide bonds. The summed E-state index contributed by atoms with van der Waals surface area (Å²) in [4.78, 5) is 13.2. The van der Waals surface area contributed by atoms with Crippen LogP contribution in [0.25, 0.3) is 0 Å². The predicted molar refractivity (Wildman–Crippen MR) is 58.3 cm³/mol. The highest BCUT2D eigenvalue weighted by molar-refractivity contribution is 7.99. The average Bonchev–Trinajstić information content (AvgIpc) is 2.68. The minimum Gasteiger partial charge on any atom is -0.467 e. The van der Waals surface area contributed by atoms with Gasteiger partial charge in [-0.15, -0.1) is 0 Å². The Labute approximate surface area is 88.5 Å². The fraction of sp³-hybridized carbons (Fsp3) is 0.500. The molecule has 1 rings (SSSR count). The average molecular weight is 213 g/mol. The van der Waals surface area contributed by atoms with Gasteiger partial charge in [0, 0.05) is 7.05 Å². The number of amides is 1. The van der Waals surface area contributed by atoms with Crippen LogP contribution in [0.15, 0.2) is 22.8 Å². The molecule has 0 radical (unpaired) electrons. The third kappa shape index (κ3) is 2.54. The topological polar surface area (TPSA) is 33.5 Å². The number of nitrogens with zero attached hydrogens (tertiary/aromatic N) is 1. The van der Waals surface area contributed by atoms with Crippen LogP contribution in [-0.2, 0) is 4.79 Å². The lowest BCUT2D eigenvalue weighted by molar-refractivity contribution is -0.129. The molecule has 0 fully saturated rings. The number of thioether (sulfide) groups is 1. The van der Waals surface area contributed by atoms with Gasteiger partial charge in [0.1, 0.15) is 5.76 Å². The summed E-state index contributed by atoms with van der Waals surface area (Å²) in [6.07, 6.45) is 3.54. The quantitative estimate of drug-likeness (QED) is 0.768. The van der Waals surface area contributed by atoms with Crippen LogP contribution in [-0.4, -0.2) is 29.9 Å². The van der Waals surface area contributed by atoms with Crippen molar-refractivity contribution in [3.63, 3.8) is 0 Å². The lowest BCUT2D eigenvalue weighted by Gasteiger charge is -2.22. The SMILES string of the molecule is CSCC(=O)N(C)C(C)c1ccco1. The molecule has 78 valence electrons. The Balaban J connectivity index is 2.61. The maximum atomic E-state index is 11.5. The molecular weight excluding hydrogens is 198 g/mol. The van der Waals surface area contributed by atoms with Crippen LogP contribution in [0.4, 0.5) is 0 Å². The van der Waals surface area contributed by atoms with Crippen LogP contribution in [0.3, 0.4) is 0 Å². The monoisotopic (exact) mass is 213 g/mol. The van der Waals surface area contributed by atoms with E-state index in [9.17, 15) is 4.79 Å². The molecule has 0 N–H and O–H groups in total. The van der Waals surface area contributed by atoms with Gasteiger partial charge in [0.25, 0.3) is 0 Å². The van der Waals surface area contributed by atoms with Gasteiger partial charge in [0.15, 0.2) is 0 Å². The van der Waals surface area contributed by atoms with Crippen LogP contribution in [0.1, 0.15) is 18.7 Å². The molecule has 1 unspecified atom stereocenters. The lowest BCUT2D eigenvalue weighted by Crippen LogP contribution is -2.30. The summed E-state index contributed by atoms with van der Waals surface area (Å²) >= 11 is 1.53. The fourth-order valence-corrected chi connectivity index (χ4v) is 1.61. The summed E-state index contributed by atoms with van der Waals surface area (Å²) in [5.41, 5.74) is 0. The predicted octanol–water partition coefficient (Wildman–Crippen LogP) is 2.16. The van der Waals surface area contributed by atoms with Gasteiger partial charge < -0.3 is 9.32 Å². The molecule has 0 aromatic carbocycles. The van der Waals surface area contributed by atoms with Gasteiger partial charge in [-0.3, -0.25) is 4.79 Å². The summed E-state index contributed by atoms with van der Waals surface area (Å²) in [5, 5.41) is 0. The van der Waals surface area contributed by atoms with Crippen molar-refractivity contribution in [3.8, 4) is 0 Å². The van der Waals surface area contributed by atoms with Gasteiger partial charge in [-0.05, 0) is 25.3 Å². The third-order valence-corrected chi connectivity index (χ3v) is 2.73. The van der Waals surface area contributed by atoms with Crippen molar-refractivity contribution in [1.82, 2.24) is 4.90 Å². The fourth-order valence-electron chi connectivity index (χ4n) is 1.16. The first-order valence-corrected chi connectivity index (χ1v) is 5.84. The maximum absolute atomic E-state index is 11.5. The summed E-state index contributed by atoms with van der Waals surface area (Å²) < 4.78 is 5.24. The minimum absolute atomic E-state index is 0.00431. The number of carbonyl (C=O) groups excluding carboxylic acids is 1. The molecule has 1 heterocycles. The maximum Gasteiger partial charge on any atom is 0.232 e. The number of furan rings is 1. The van der Waals surface area contributed by atoms with E-state index in [-0.39, 0.29) is 11.9 Å². The number of carbonyl (C=O) groups is 1. The highest BCUT2D eigenvalue weighted by Crippen LogP contribution is 2.19. The van der Waals surface area contributed by atoms with Crippen LogP contribution in [0, 0.1) is 0 Å². The molecular formula is C10H15NO2S. The molecule has 1 aromatic heterocycles. The van der Waals surface area contributed by atoms with Gasteiger partial charge >= 0.3 is 0 Å². The number of hydrogen-bond acceptors (Lipinski definition) is 3. The van der Waals surface area contributed by atoms with Crippen LogP contribution in [0.5, 0.6) is 0 Å². The van der Waals surface area contributed by atoms with E-state index in [1.165, 1.54) is 11.8 Å². The molecule has 0 aliphatic carbocycles. The zero-order chi connectivity index (χ0) is 10.6. The summed E-state index contributed by atoms with van der Waals surface area (Å²) in [7, 11) is 1.80. The van der Waals surface area contributed by atoms with E-state index in [2.05, 4.69) is 0 Å². The molecule has 1 atom stereocenters. The number of rotatable bonds is 4. The lowest BCUT2D eigenvalue weighted by atomic mass is 10.2. The van der Waals surface area contributed by atoms with Crippen molar-refractivity contribution in [2.45, 2.75) is 13.0 Å². The van der Waals surface area contributed by atoms with Crippen LogP contribution >= 0.6 is 11.8 Å². The Bertz CT molecular complexity index is 284. The van der Waals surface area contributed by atoms with Crippen molar-refractivity contribution < 1.29 is 9.21 Å². The molecule has 3 nitrogen and oxygen atoms in total. The first-order valence-electron chi connectivity index (χ1n) is 4.44. The zero-order valence-corrected chi connectivity index (χ0v) is 9.50. The molecule has 0 saturated carbocycles. The molecule has 0 aliphatic heterocycles. The Hall–Kier alpha value is -0.900. The van der Waals surface area contributed by atoms with Gasteiger partial charge in [-0.2, -0.15) is 11.8 Å². The van der Waals surface area contributed by atoms with Crippen LogP contribution < -0.4 is 0 Å². The van der Waals surface area contributed by atoms with Crippen molar-refractivity contribution in [2.24, 2.45) is 0 Å². The molecule has 1 aromatic rings. The number of hydrogen-bond donors (Lipinski definition) is 0. The molecule has 4 heteroatoms. The van der Waals surface area contributed by atoms with E-state index < -0.39 is 0 Å². The van der Waals surface area contributed by atoms with Crippen LogP contribution in [0.2, 0.25) is 0 Å². The Morgan fingerprint density at radius 2 is 2.43 bits per heavy atom. The molecule has 0 bridgehead atoms. The van der Waals surface area contributed by atoms with Gasteiger partial charge in [0.2, 0.25) is 5.91 Å². The van der Waals surface area contributed by atoms with Crippen molar-refractivity contribution >= 4 is 17.7 Å². The molecule has 0 spiro atoms. The highest BCUT2D eigenvalue weighted by Gasteiger charge is 2.18. The largest absolute Gasteiger partial charge is 0.467 e. The summed E-state index contributed by atoms with van der Waals surface area (Å²) in [6.45, 7) is 1.96. The molecule has 0 saturated heterocycles. The van der Waals surface area contributed by atoms with Crippen molar-refractivity contribution in [1.29, 1.82) is 0 Å². The van der Waals surface area contributed by atoms with E-state index in [1.54, 1.807) is 18.2 Å². The van der Waals surface area contributed by atoms with Gasteiger partial charge in [-0.1, -0.05) is 0 Å². The Kier molecular flexibility index (Phi) is 4.07. The van der Waals surface area contributed by atoms with Gasteiger partial charge in [0.05, 0.1) is 18.1 Å². The first-order chi connectivity index (χ1) is 6.66. The summed E-state index contributed by atoms with van der Waals surface area (Å²) in [6, 6.07) is 3.72. The second kappa shape index (κ2) is 5.10. The molecule has 14 heavy (non-hydrogen) atoms. The van der Waals surface area contributed by atoms with E-state index in [4.69, 9.17) is 4.42 Å². The Morgan fingerprint density at radius 1 is 1.71 bits per heavy atom. The third-order valence-electron chi connectivity index (χ3n) is 2.20. The van der Waals surface area contributed by atoms with E-state index in [1.807, 2.05) is 25.3 Å². The van der Waals surface area contributed by atoms with Crippen molar-refractivity contribution in [3.05, 3.63) is 24.2 Å². The van der Waals surface area contributed by atoms with E-state index in [0.29, 0.717) is 5.75 Å². The minimum atomic E-state index is 0.00431.